The highest BCUT2D eigenvalue weighted by Gasteiger charge is 2.03. The van der Waals surface area contributed by atoms with Crippen LogP contribution >= 0.6 is 0 Å². The monoisotopic (exact) mass is 274 g/mol. The fourth-order valence-electron chi connectivity index (χ4n) is 1.91. The van der Waals surface area contributed by atoms with E-state index in [4.69, 9.17) is 0 Å². The van der Waals surface area contributed by atoms with Crippen LogP contribution in [0.2, 0.25) is 0 Å². The Morgan fingerprint density at radius 2 is 2.05 bits per heavy atom. The number of nitrogens with one attached hydrogen (secondary N) is 2. The largest absolute Gasteiger partial charge is 0.369 e. The van der Waals surface area contributed by atoms with E-state index in [-0.39, 0.29) is 0 Å². The molecular weight excluding hydrogens is 252 g/mol. The maximum Gasteiger partial charge on any atom is 0.224 e. The molecule has 0 aliphatic rings. The third-order valence-corrected chi connectivity index (χ3v) is 2.96. The maximum absolute atomic E-state index is 4.45. The molecule has 0 amide bonds. The van der Waals surface area contributed by atoms with E-state index in [0.29, 0.717) is 5.95 Å². The number of rotatable bonds is 7. The van der Waals surface area contributed by atoms with Gasteiger partial charge in [-0.15, -0.1) is 0 Å². The van der Waals surface area contributed by atoms with E-state index in [1.807, 2.05) is 37.0 Å². The van der Waals surface area contributed by atoms with Crippen LogP contribution in [-0.4, -0.2) is 32.6 Å². The molecule has 108 valence electrons. The SMILES string of the molecule is CCCNc1nc(C)cc(NCCc2nccn2C)n1. The molecule has 0 aliphatic carbocycles. The van der Waals surface area contributed by atoms with Crippen molar-refractivity contribution in [1.29, 1.82) is 0 Å². The van der Waals surface area contributed by atoms with Crippen LogP contribution in [0.4, 0.5) is 11.8 Å². The fraction of sp³-hybridized carbons (Fsp3) is 0.500. The van der Waals surface area contributed by atoms with Crippen molar-refractivity contribution in [3.05, 3.63) is 30.0 Å². The van der Waals surface area contributed by atoms with E-state index >= 15 is 0 Å². The molecule has 6 heteroatoms. The maximum atomic E-state index is 4.45. The van der Waals surface area contributed by atoms with Crippen molar-refractivity contribution in [2.24, 2.45) is 7.05 Å². The smallest absolute Gasteiger partial charge is 0.224 e. The van der Waals surface area contributed by atoms with E-state index in [2.05, 4.69) is 32.5 Å². The predicted molar refractivity (Wildman–Crippen MR) is 81.0 cm³/mol. The summed E-state index contributed by atoms with van der Waals surface area (Å²) < 4.78 is 2.03. The quantitative estimate of drug-likeness (QED) is 0.808. The Labute approximate surface area is 119 Å². The Morgan fingerprint density at radius 1 is 1.20 bits per heavy atom. The van der Waals surface area contributed by atoms with Crippen LogP contribution in [-0.2, 0) is 13.5 Å². The van der Waals surface area contributed by atoms with Gasteiger partial charge in [-0.3, -0.25) is 0 Å². The average molecular weight is 274 g/mol. The van der Waals surface area contributed by atoms with Gasteiger partial charge in [0.1, 0.15) is 11.6 Å². The van der Waals surface area contributed by atoms with Gasteiger partial charge in [-0.1, -0.05) is 6.92 Å². The molecule has 0 spiro atoms. The molecule has 0 unspecified atom stereocenters. The van der Waals surface area contributed by atoms with E-state index in [1.165, 1.54) is 0 Å². The molecule has 0 atom stereocenters. The highest BCUT2D eigenvalue weighted by atomic mass is 15.1. The Balaban J connectivity index is 1.91. The number of nitrogens with zero attached hydrogens (tertiary/aromatic N) is 4. The summed E-state index contributed by atoms with van der Waals surface area (Å²) in [6, 6.07) is 1.95. The second kappa shape index (κ2) is 6.88. The molecule has 0 bridgehead atoms. The summed E-state index contributed by atoms with van der Waals surface area (Å²) in [5.41, 5.74) is 0.957. The molecule has 2 N–H and O–H groups in total. The third-order valence-electron chi connectivity index (χ3n) is 2.96. The number of hydrogen-bond donors (Lipinski definition) is 2. The predicted octanol–water partition coefficient (Wildman–Crippen LogP) is 2.00. The van der Waals surface area contributed by atoms with Crippen LogP contribution < -0.4 is 10.6 Å². The summed E-state index contributed by atoms with van der Waals surface area (Å²) in [7, 11) is 2.00. The molecule has 20 heavy (non-hydrogen) atoms. The van der Waals surface area contributed by atoms with Crippen molar-refractivity contribution in [3.8, 4) is 0 Å². The molecule has 0 aliphatic heterocycles. The molecule has 0 saturated carbocycles. The summed E-state index contributed by atoms with van der Waals surface area (Å²) in [4.78, 5) is 13.1. The molecule has 2 heterocycles. The van der Waals surface area contributed by atoms with Crippen LogP contribution in [0.1, 0.15) is 24.9 Å². The molecule has 2 rings (SSSR count). The van der Waals surface area contributed by atoms with Gasteiger partial charge >= 0.3 is 0 Å². The number of imidazole rings is 1. The minimum absolute atomic E-state index is 0.686. The standard InChI is InChI=1S/C14H22N6/c1-4-6-17-14-18-11(2)10-12(19-14)15-7-5-13-16-8-9-20(13)3/h8-10H,4-7H2,1-3H3,(H2,15,17,18,19). The van der Waals surface area contributed by atoms with Crippen molar-refractivity contribution in [2.45, 2.75) is 26.7 Å². The summed E-state index contributed by atoms with van der Waals surface area (Å²) in [6.45, 7) is 5.78. The Bertz CT molecular complexity index is 548. The number of anilines is 2. The first-order chi connectivity index (χ1) is 9.69. The topological polar surface area (TPSA) is 67.7 Å². The molecular formula is C14H22N6. The Morgan fingerprint density at radius 3 is 2.75 bits per heavy atom. The van der Waals surface area contributed by atoms with Crippen molar-refractivity contribution in [1.82, 2.24) is 19.5 Å². The van der Waals surface area contributed by atoms with Gasteiger partial charge < -0.3 is 15.2 Å². The normalized spacial score (nSPS) is 10.6. The van der Waals surface area contributed by atoms with Gasteiger partial charge in [0.25, 0.3) is 0 Å². The lowest BCUT2D eigenvalue weighted by Crippen LogP contribution is -2.12. The van der Waals surface area contributed by atoms with Gasteiger partial charge in [-0.25, -0.2) is 9.97 Å². The van der Waals surface area contributed by atoms with Crippen molar-refractivity contribution < 1.29 is 0 Å². The average Bonchev–Trinajstić information content (AvgIpc) is 2.82. The van der Waals surface area contributed by atoms with Crippen LogP contribution in [0.15, 0.2) is 18.5 Å². The van der Waals surface area contributed by atoms with Crippen molar-refractivity contribution in [3.63, 3.8) is 0 Å². The molecule has 6 nitrogen and oxygen atoms in total. The van der Waals surface area contributed by atoms with E-state index in [1.54, 1.807) is 0 Å². The molecule has 0 fully saturated rings. The van der Waals surface area contributed by atoms with Gasteiger partial charge in [0.15, 0.2) is 0 Å². The fourth-order valence-corrected chi connectivity index (χ4v) is 1.91. The molecule has 0 saturated heterocycles. The highest BCUT2D eigenvalue weighted by Crippen LogP contribution is 2.09. The molecule has 2 aromatic rings. The van der Waals surface area contributed by atoms with Crippen LogP contribution in [0.5, 0.6) is 0 Å². The summed E-state index contributed by atoms with van der Waals surface area (Å²) in [5, 5.41) is 6.53. The molecule has 0 aromatic carbocycles. The van der Waals surface area contributed by atoms with Gasteiger partial charge in [-0.05, 0) is 13.3 Å². The van der Waals surface area contributed by atoms with Gasteiger partial charge in [-0.2, -0.15) is 4.98 Å². The molecule has 2 aromatic heterocycles. The zero-order valence-electron chi connectivity index (χ0n) is 12.3. The number of hydrogen-bond acceptors (Lipinski definition) is 5. The zero-order valence-corrected chi connectivity index (χ0v) is 12.3. The second-order valence-electron chi connectivity index (χ2n) is 4.78. The van der Waals surface area contributed by atoms with Gasteiger partial charge in [0, 0.05) is 50.7 Å². The first-order valence-corrected chi connectivity index (χ1v) is 6.98. The highest BCUT2D eigenvalue weighted by molar-refractivity contribution is 5.42. The van der Waals surface area contributed by atoms with E-state index in [9.17, 15) is 0 Å². The third kappa shape index (κ3) is 3.94. The summed E-state index contributed by atoms with van der Waals surface area (Å²) in [6.07, 6.45) is 5.69. The zero-order chi connectivity index (χ0) is 14.4. The van der Waals surface area contributed by atoms with E-state index < -0.39 is 0 Å². The Hall–Kier alpha value is -2.11. The first-order valence-electron chi connectivity index (χ1n) is 6.98. The minimum Gasteiger partial charge on any atom is -0.369 e. The minimum atomic E-state index is 0.686. The summed E-state index contributed by atoms with van der Waals surface area (Å²) >= 11 is 0. The van der Waals surface area contributed by atoms with Crippen molar-refractivity contribution >= 4 is 11.8 Å². The second-order valence-corrected chi connectivity index (χ2v) is 4.78. The number of aryl methyl sites for hydroxylation is 2. The van der Waals surface area contributed by atoms with Crippen LogP contribution in [0.3, 0.4) is 0 Å². The van der Waals surface area contributed by atoms with Gasteiger partial charge in [0.05, 0.1) is 0 Å². The van der Waals surface area contributed by atoms with Gasteiger partial charge in [0.2, 0.25) is 5.95 Å². The Kier molecular flexibility index (Phi) is 4.92. The van der Waals surface area contributed by atoms with Crippen LogP contribution in [0.25, 0.3) is 0 Å². The van der Waals surface area contributed by atoms with E-state index in [0.717, 1.165) is 43.3 Å². The van der Waals surface area contributed by atoms with Crippen LogP contribution in [0, 0.1) is 6.92 Å². The number of aromatic nitrogens is 4. The lowest BCUT2D eigenvalue weighted by atomic mass is 10.3. The lowest BCUT2D eigenvalue weighted by molar-refractivity contribution is 0.788. The first kappa shape index (κ1) is 14.3. The summed E-state index contributed by atoms with van der Waals surface area (Å²) in [5.74, 6) is 2.60. The molecule has 0 radical (unpaired) electrons. The lowest BCUT2D eigenvalue weighted by Gasteiger charge is -2.09. The van der Waals surface area contributed by atoms with Crippen molar-refractivity contribution in [2.75, 3.05) is 23.7 Å².